The maximum Gasteiger partial charge on any atom is 0.335 e. The van der Waals surface area contributed by atoms with Crippen LogP contribution in [0.25, 0.3) is 0 Å². The first kappa shape index (κ1) is 69.9. The lowest BCUT2D eigenvalue weighted by Gasteiger charge is -2.40. The molecule has 3 N–H and O–H groups in total. The first-order valence-electron chi connectivity index (χ1n) is 29.2. The maximum absolute atomic E-state index is 13.1. The van der Waals surface area contributed by atoms with E-state index in [1.54, 1.807) is 6.08 Å². The average Bonchev–Trinajstić information content (AvgIpc) is 3.41. The van der Waals surface area contributed by atoms with Crippen LogP contribution in [-0.2, 0) is 42.9 Å². The number of aliphatic hydroxyl groups is 2. The third-order valence-electron chi connectivity index (χ3n) is 12.2. The molecular formula is C65H100O12. The summed E-state index contributed by atoms with van der Waals surface area (Å²) >= 11 is 0. The maximum atomic E-state index is 13.1. The largest absolute Gasteiger partial charge is 0.479 e. The number of aliphatic carboxylic acids is 1. The SMILES string of the molecule is CC/C=C\C/C=C\C/C=C\C/C=C\C/C=C\CC(=O)OC(COC(=O)CCCCCCCC/C=C\C/C=C\C/C=C\CCCCC)COC1OC(C(=O)O)C(O)C(O)C1OC(=O)CCCCC/C=C\C/C=C\C/C=C\CC. The highest BCUT2D eigenvalue weighted by atomic mass is 16.7. The Hall–Kier alpha value is -5.14. The molecule has 0 bridgehead atoms. The molecule has 0 aliphatic carbocycles. The van der Waals surface area contributed by atoms with Gasteiger partial charge in [0.15, 0.2) is 24.6 Å². The van der Waals surface area contributed by atoms with Gasteiger partial charge in [0.2, 0.25) is 0 Å². The van der Waals surface area contributed by atoms with Crippen LogP contribution in [-0.4, -0.2) is 89.2 Å². The first-order valence-corrected chi connectivity index (χ1v) is 29.2. The molecule has 0 saturated carbocycles. The van der Waals surface area contributed by atoms with E-state index in [9.17, 15) is 34.5 Å². The number of unbranched alkanes of at least 4 members (excludes halogenated alkanes) is 12. The molecule has 0 aromatic rings. The Morgan fingerprint density at radius 2 is 0.857 bits per heavy atom. The Balaban J connectivity index is 2.77. The van der Waals surface area contributed by atoms with Crippen molar-refractivity contribution in [2.75, 3.05) is 13.2 Å². The van der Waals surface area contributed by atoms with Gasteiger partial charge in [-0.3, -0.25) is 14.4 Å². The molecule has 12 heteroatoms. The molecule has 6 unspecified atom stereocenters. The summed E-state index contributed by atoms with van der Waals surface area (Å²) in [5.41, 5.74) is 0. The molecule has 6 atom stereocenters. The predicted molar refractivity (Wildman–Crippen MR) is 312 cm³/mol. The van der Waals surface area contributed by atoms with Crippen molar-refractivity contribution in [1.82, 2.24) is 0 Å². The highest BCUT2D eigenvalue weighted by Crippen LogP contribution is 2.26. The molecule has 0 amide bonds. The van der Waals surface area contributed by atoms with Gasteiger partial charge in [0.25, 0.3) is 0 Å². The van der Waals surface area contributed by atoms with Gasteiger partial charge in [0.05, 0.1) is 13.0 Å². The molecular weight excluding hydrogens is 973 g/mol. The standard InChI is InChI=1S/C65H100O12/c1-4-7-10-13-16-19-22-25-27-28-29-30-32-34-36-39-42-45-48-51-57(66)73-54-56(75-58(67)52-49-46-43-40-38-35-31-26-23-20-17-14-11-8-5-2)55-74-65-63(61(70)60(69)62(77-65)64(71)72)76-59(68)53-50-47-44-41-37-33-24-21-18-15-12-9-6-3/h8-9,11-12,16-21,25-27,29-31,33,37-38,40,46,49,56,60-63,65,69-70H,4-7,10,13-15,22-24,28,32,34-36,39,41-45,47-48,50-55H2,1-3H3,(H,71,72)/b11-8-,12-9-,19-16-,20-17-,21-18-,27-25-,30-29-,31-26-,37-33-,40-38-,49-46-. The Morgan fingerprint density at radius 1 is 0.455 bits per heavy atom. The lowest BCUT2D eigenvalue weighted by Crippen LogP contribution is -2.61. The van der Waals surface area contributed by atoms with Crippen molar-refractivity contribution in [1.29, 1.82) is 0 Å². The molecule has 1 aliphatic heterocycles. The molecule has 12 nitrogen and oxygen atoms in total. The van der Waals surface area contributed by atoms with Gasteiger partial charge in [-0.15, -0.1) is 0 Å². The van der Waals surface area contributed by atoms with Crippen LogP contribution in [0.3, 0.4) is 0 Å². The summed E-state index contributed by atoms with van der Waals surface area (Å²) in [5.74, 6) is -3.37. The second kappa shape index (κ2) is 51.6. The van der Waals surface area contributed by atoms with Crippen LogP contribution < -0.4 is 0 Å². The minimum atomic E-state index is -1.94. The summed E-state index contributed by atoms with van der Waals surface area (Å²) in [4.78, 5) is 51.0. The Kier molecular flexibility index (Phi) is 46.8. The van der Waals surface area contributed by atoms with Crippen LogP contribution in [0.5, 0.6) is 0 Å². The molecule has 0 aromatic carbocycles. The smallest absolute Gasteiger partial charge is 0.335 e. The number of rotatable bonds is 47. The number of ether oxygens (including phenoxy) is 5. The lowest BCUT2D eigenvalue weighted by molar-refractivity contribution is -0.301. The van der Waals surface area contributed by atoms with Crippen molar-refractivity contribution < 1.29 is 58.2 Å². The van der Waals surface area contributed by atoms with Crippen LogP contribution >= 0.6 is 0 Å². The normalized spacial score (nSPS) is 19.0. The predicted octanol–water partition coefficient (Wildman–Crippen LogP) is 15.0. The fourth-order valence-electron chi connectivity index (χ4n) is 7.82. The first-order chi connectivity index (χ1) is 37.6. The van der Waals surface area contributed by atoms with Crippen LogP contribution in [0.15, 0.2) is 134 Å². The third kappa shape index (κ3) is 41.6. The van der Waals surface area contributed by atoms with Crippen molar-refractivity contribution in [3.05, 3.63) is 134 Å². The molecule has 0 aromatic heterocycles. The van der Waals surface area contributed by atoms with E-state index in [-0.39, 0.29) is 25.9 Å². The molecule has 0 spiro atoms. The van der Waals surface area contributed by atoms with Gasteiger partial charge in [-0.05, 0) is 116 Å². The van der Waals surface area contributed by atoms with Gasteiger partial charge in [0.1, 0.15) is 18.8 Å². The quantitative estimate of drug-likeness (QED) is 0.0228. The molecule has 77 heavy (non-hydrogen) atoms. The van der Waals surface area contributed by atoms with Crippen molar-refractivity contribution in [2.24, 2.45) is 0 Å². The van der Waals surface area contributed by atoms with Crippen LogP contribution in [0.1, 0.15) is 201 Å². The summed E-state index contributed by atoms with van der Waals surface area (Å²) in [6.07, 6.45) is 60.3. The van der Waals surface area contributed by atoms with Crippen molar-refractivity contribution >= 4 is 23.9 Å². The number of esters is 3. The molecule has 1 saturated heterocycles. The Morgan fingerprint density at radius 3 is 1.32 bits per heavy atom. The molecule has 1 fully saturated rings. The van der Waals surface area contributed by atoms with Crippen molar-refractivity contribution in [3.63, 3.8) is 0 Å². The summed E-state index contributed by atoms with van der Waals surface area (Å²) in [7, 11) is 0. The summed E-state index contributed by atoms with van der Waals surface area (Å²) in [6.45, 7) is 5.60. The zero-order valence-corrected chi connectivity index (χ0v) is 47.4. The number of carboxylic acid groups (broad SMARTS) is 1. The Labute approximate surface area is 464 Å². The van der Waals surface area contributed by atoms with E-state index in [1.807, 2.05) is 18.2 Å². The number of carbonyl (C=O) groups is 4. The number of aliphatic hydroxyl groups excluding tert-OH is 2. The zero-order chi connectivity index (χ0) is 56.1. The van der Waals surface area contributed by atoms with Gasteiger partial charge in [-0.1, -0.05) is 199 Å². The van der Waals surface area contributed by atoms with Crippen molar-refractivity contribution in [3.8, 4) is 0 Å². The van der Waals surface area contributed by atoms with Gasteiger partial charge in [-0.25, -0.2) is 4.79 Å². The second-order valence-corrected chi connectivity index (χ2v) is 19.2. The lowest BCUT2D eigenvalue weighted by atomic mass is 9.98. The summed E-state index contributed by atoms with van der Waals surface area (Å²) in [6, 6.07) is 0. The minimum absolute atomic E-state index is 0.00591. The number of carbonyl (C=O) groups excluding carboxylic acids is 3. The summed E-state index contributed by atoms with van der Waals surface area (Å²) in [5, 5.41) is 31.4. The molecule has 1 heterocycles. The van der Waals surface area contributed by atoms with Gasteiger partial charge in [0, 0.05) is 12.8 Å². The monoisotopic (exact) mass is 1070 g/mol. The van der Waals surface area contributed by atoms with E-state index in [0.29, 0.717) is 19.3 Å². The van der Waals surface area contributed by atoms with E-state index < -0.39 is 67.3 Å². The van der Waals surface area contributed by atoms with E-state index in [2.05, 4.69) is 130 Å². The number of hydrogen-bond acceptors (Lipinski definition) is 11. The second-order valence-electron chi connectivity index (χ2n) is 19.2. The highest BCUT2D eigenvalue weighted by Gasteiger charge is 2.50. The number of carboxylic acids is 1. The minimum Gasteiger partial charge on any atom is -0.479 e. The van der Waals surface area contributed by atoms with Crippen molar-refractivity contribution in [2.45, 2.75) is 237 Å². The Bertz CT molecular complexity index is 1850. The third-order valence-corrected chi connectivity index (χ3v) is 12.2. The average molecular weight is 1070 g/mol. The molecule has 1 rings (SSSR count). The topological polar surface area (TPSA) is 175 Å². The van der Waals surface area contributed by atoms with E-state index >= 15 is 0 Å². The van der Waals surface area contributed by atoms with E-state index in [4.69, 9.17) is 23.7 Å². The van der Waals surface area contributed by atoms with E-state index in [0.717, 1.165) is 116 Å². The van der Waals surface area contributed by atoms with Gasteiger partial charge in [-0.2, -0.15) is 0 Å². The van der Waals surface area contributed by atoms with Crippen LogP contribution in [0, 0.1) is 0 Å². The van der Waals surface area contributed by atoms with Gasteiger partial charge >= 0.3 is 23.9 Å². The fourth-order valence-corrected chi connectivity index (χ4v) is 7.82. The van der Waals surface area contributed by atoms with Crippen LogP contribution in [0.4, 0.5) is 0 Å². The van der Waals surface area contributed by atoms with Gasteiger partial charge < -0.3 is 39.0 Å². The molecule has 432 valence electrons. The van der Waals surface area contributed by atoms with E-state index in [1.165, 1.54) is 25.7 Å². The fraction of sp³-hybridized carbons (Fsp3) is 0.600. The highest BCUT2D eigenvalue weighted by molar-refractivity contribution is 5.74. The molecule has 1 aliphatic rings. The number of hydrogen-bond donors (Lipinski definition) is 3. The van der Waals surface area contributed by atoms with Crippen LogP contribution in [0.2, 0.25) is 0 Å². The number of allylic oxidation sites excluding steroid dienone is 21. The summed E-state index contributed by atoms with van der Waals surface area (Å²) < 4.78 is 28.2. The molecule has 0 radical (unpaired) electrons. The zero-order valence-electron chi connectivity index (χ0n) is 47.4.